The Labute approximate surface area is 106 Å². The summed E-state index contributed by atoms with van der Waals surface area (Å²) in [6.07, 6.45) is 1.70. The Bertz CT molecular complexity index is 345. The number of carboxylic acids is 1. The predicted octanol–water partition coefficient (Wildman–Crippen LogP) is -0.373. The average molecular weight is 257 g/mol. The van der Waals surface area contributed by atoms with Gasteiger partial charge >= 0.3 is 12.0 Å². The van der Waals surface area contributed by atoms with Crippen LogP contribution in [0, 0.1) is 5.92 Å². The summed E-state index contributed by atoms with van der Waals surface area (Å²) in [7, 11) is 1.41. The number of carbonyl (C=O) groups excluding carboxylic acids is 2. The average Bonchev–Trinajstić information content (AvgIpc) is 2.28. The minimum Gasteiger partial charge on any atom is -0.480 e. The fourth-order valence-corrected chi connectivity index (χ4v) is 2.26. The lowest BCUT2D eigenvalue weighted by molar-refractivity contribution is -0.147. The van der Waals surface area contributed by atoms with E-state index in [4.69, 9.17) is 5.11 Å². The van der Waals surface area contributed by atoms with Gasteiger partial charge in [-0.2, -0.15) is 0 Å². The molecule has 7 nitrogen and oxygen atoms in total. The van der Waals surface area contributed by atoms with Gasteiger partial charge in [-0.05, 0) is 25.3 Å². The summed E-state index contributed by atoms with van der Waals surface area (Å²) in [6, 6.07) is -1.24. The van der Waals surface area contributed by atoms with Crippen LogP contribution in [0.15, 0.2) is 0 Å². The summed E-state index contributed by atoms with van der Waals surface area (Å²) >= 11 is 0. The number of hydrogen-bond donors (Lipinski definition) is 3. The van der Waals surface area contributed by atoms with Crippen LogP contribution in [0.5, 0.6) is 0 Å². The maximum absolute atomic E-state index is 11.5. The maximum atomic E-state index is 11.5. The van der Waals surface area contributed by atoms with Gasteiger partial charge in [0.15, 0.2) is 0 Å². The van der Waals surface area contributed by atoms with E-state index >= 15 is 0 Å². The van der Waals surface area contributed by atoms with Crippen LogP contribution in [0.25, 0.3) is 0 Å². The molecule has 0 spiro atoms. The zero-order chi connectivity index (χ0) is 13.7. The Morgan fingerprint density at radius 2 is 2.06 bits per heavy atom. The van der Waals surface area contributed by atoms with Crippen molar-refractivity contribution in [2.75, 3.05) is 20.1 Å². The van der Waals surface area contributed by atoms with Gasteiger partial charge in [-0.15, -0.1) is 0 Å². The summed E-state index contributed by atoms with van der Waals surface area (Å²) in [4.78, 5) is 35.3. The van der Waals surface area contributed by atoms with E-state index in [-0.39, 0.29) is 12.5 Å². The quantitative estimate of drug-likeness (QED) is 0.640. The second-order valence-electron chi connectivity index (χ2n) is 4.50. The fraction of sp³-hybridized carbons (Fsp3) is 0.727. The molecule has 1 aliphatic rings. The topological polar surface area (TPSA) is 98.7 Å². The van der Waals surface area contributed by atoms with Crippen molar-refractivity contribution in [1.82, 2.24) is 15.5 Å². The summed E-state index contributed by atoms with van der Waals surface area (Å²) in [5, 5.41) is 13.6. The van der Waals surface area contributed by atoms with E-state index in [1.54, 1.807) is 4.90 Å². The Balaban J connectivity index is 2.60. The smallest absolute Gasteiger partial charge is 0.321 e. The number of rotatable bonds is 3. The van der Waals surface area contributed by atoms with Crippen molar-refractivity contribution in [3.8, 4) is 0 Å². The van der Waals surface area contributed by atoms with Gasteiger partial charge in [0.2, 0.25) is 5.91 Å². The van der Waals surface area contributed by atoms with E-state index in [1.807, 2.05) is 6.92 Å². The van der Waals surface area contributed by atoms with E-state index in [9.17, 15) is 14.4 Å². The normalized spacial score (nSPS) is 24.3. The van der Waals surface area contributed by atoms with Crippen molar-refractivity contribution < 1.29 is 19.5 Å². The Morgan fingerprint density at radius 3 is 2.61 bits per heavy atom. The Kier molecular flexibility index (Phi) is 5.08. The number of amides is 3. The standard InChI is InChI=1S/C11H19N3O4/c1-7-4-3-5-14(9(7)10(16)17)6-8(15)13-11(18)12-2/h7,9H,3-6H2,1-2H3,(H,16,17)(H2,12,13,15,18). The minimum absolute atomic E-state index is 0.00375. The number of urea groups is 1. The number of nitrogens with zero attached hydrogens (tertiary/aromatic N) is 1. The highest BCUT2D eigenvalue weighted by Crippen LogP contribution is 2.23. The van der Waals surface area contributed by atoms with Crippen molar-refractivity contribution in [3.05, 3.63) is 0 Å². The van der Waals surface area contributed by atoms with Gasteiger partial charge in [0.25, 0.3) is 0 Å². The molecule has 0 saturated carbocycles. The third-order valence-electron chi connectivity index (χ3n) is 3.12. The summed E-state index contributed by atoms with van der Waals surface area (Å²) in [5.74, 6) is -1.41. The molecule has 1 saturated heterocycles. The van der Waals surface area contributed by atoms with E-state index in [1.165, 1.54) is 7.05 Å². The van der Waals surface area contributed by atoms with Crippen LogP contribution in [0.2, 0.25) is 0 Å². The molecule has 1 fully saturated rings. The van der Waals surface area contributed by atoms with E-state index in [0.717, 1.165) is 12.8 Å². The van der Waals surface area contributed by atoms with Crippen LogP contribution in [0.3, 0.4) is 0 Å². The van der Waals surface area contributed by atoms with Crippen molar-refractivity contribution >= 4 is 17.9 Å². The number of nitrogens with one attached hydrogen (secondary N) is 2. The number of carbonyl (C=O) groups is 3. The lowest BCUT2D eigenvalue weighted by atomic mass is 9.91. The highest BCUT2D eigenvalue weighted by Gasteiger charge is 2.35. The van der Waals surface area contributed by atoms with Gasteiger partial charge < -0.3 is 10.4 Å². The lowest BCUT2D eigenvalue weighted by Gasteiger charge is -2.36. The first kappa shape index (κ1) is 14.4. The molecule has 0 aromatic rings. The highest BCUT2D eigenvalue weighted by atomic mass is 16.4. The number of aliphatic carboxylic acids is 1. The highest BCUT2D eigenvalue weighted by molar-refractivity contribution is 5.95. The maximum Gasteiger partial charge on any atom is 0.321 e. The predicted molar refractivity (Wildman–Crippen MR) is 64.0 cm³/mol. The molecule has 0 bridgehead atoms. The molecule has 2 unspecified atom stereocenters. The molecule has 1 heterocycles. The molecule has 0 aromatic carbocycles. The van der Waals surface area contributed by atoms with Crippen LogP contribution in [0.1, 0.15) is 19.8 Å². The first-order chi connectivity index (χ1) is 8.45. The third-order valence-corrected chi connectivity index (χ3v) is 3.12. The first-order valence-corrected chi connectivity index (χ1v) is 5.94. The molecular weight excluding hydrogens is 238 g/mol. The zero-order valence-electron chi connectivity index (χ0n) is 10.6. The molecule has 18 heavy (non-hydrogen) atoms. The monoisotopic (exact) mass is 257 g/mol. The molecule has 0 aliphatic carbocycles. The summed E-state index contributed by atoms with van der Waals surface area (Å²) in [6.45, 7) is 2.35. The zero-order valence-corrected chi connectivity index (χ0v) is 10.6. The first-order valence-electron chi connectivity index (χ1n) is 5.94. The number of likely N-dealkylation sites (tertiary alicyclic amines) is 1. The Morgan fingerprint density at radius 1 is 1.39 bits per heavy atom. The van der Waals surface area contributed by atoms with Crippen LogP contribution in [0.4, 0.5) is 4.79 Å². The van der Waals surface area contributed by atoms with Crippen LogP contribution in [-0.4, -0.2) is 54.1 Å². The second kappa shape index (κ2) is 6.34. The Hall–Kier alpha value is -1.63. The van der Waals surface area contributed by atoms with Gasteiger partial charge in [-0.25, -0.2) is 4.79 Å². The van der Waals surface area contributed by atoms with Gasteiger partial charge in [0.05, 0.1) is 6.54 Å². The molecular formula is C11H19N3O4. The molecule has 7 heteroatoms. The van der Waals surface area contributed by atoms with Crippen LogP contribution < -0.4 is 10.6 Å². The van der Waals surface area contributed by atoms with Crippen molar-refractivity contribution in [2.24, 2.45) is 5.92 Å². The molecule has 1 rings (SSSR count). The fourth-order valence-electron chi connectivity index (χ4n) is 2.26. The van der Waals surface area contributed by atoms with Crippen molar-refractivity contribution in [2.45, 2.75) is 25.8 Å². The number of carboxylic acid groups (broad SMARTS) is 1. The molecule has 3 N–H and O–H groups in total. The second-order valence-corrected chi connectivity index (χ2v) is 4.50. The van der Waals surface area contributed by atoms with Crippen LogP contribution in [-0.2, 0) is 9.59 Å². The lowest BCUT2D eigenvalue weighted by Crippen LogP contribution is -2.53. The largest absolute Gasteiger partial charge is 0.480 e. The third kappa shape index (κ3) is 3.69. The van der Waals surface area contributed by atoms with E-state index in [0.29, 0.717) is 6.54 Å². The molecule has 0 aromatic heterocycles. The van der Waals surface area contributed by atoms with Crippen LogP contribution >= 0.6 is 0 Å². The van der Waals surface area contributed by atoms with Gasteiger partial charge in [-0.3, -0.25) is 19.8 Å². The SMILES string of the molecule is CNC(=O)NC(=O)CN1CCCC(C)C1C(=O)O. The van der Waals surface area contributed by atoms with Crippen molar-refractivity contribution in [3.63, 3.8) is 0 Å². The summed E-state index contributed by atoms with van der Waals surface area (Å²) < 4.78 is 0. The summed E-state index contributed by atoms with van der Waals surface area (Å²) in [5.41, 5.74) is 0. The number of piperidine rings is 1. The molecule has 1 aliphatic heterocycles. The number of imide groups is 1. The minimum atomic E-state index is -0.921. The van der Waals surface area contributed by atoms with E-state index in [2.05, 4.69) is 10.6 Å². The van der Waals surface area contributed by atoms with Crippen molar-refractivity contribution in [1.29, 1.82) is 0 Å². The van der Waals surface area contributed by atoms with Gasteiger partial charge in [-0.1, -0.05) is 6.92 Å². The van der Waals surface area contributed by atoms with E-state index < -0.39 is 23.9 Å². The van der Waals surface area contributed by atoms with Gasteiger partial charge in [0, 0.05) is 7.05 Å². The van der Waals surface area contributed by atoms with Gasteiger partial charge in [0.1, 0.15) is 6.04 Å². The molecule has 102 valence electrons. The molecule has 0 radical (unpaired) electrons. The molecule has 3 amide bonds. The number of hydrogen-bond acceptors (Lipinski definition) is 4. The molecule has 2 atom stereocenters.